The number of hydrogen-bond donors (Lipinski definition) is 2. The van der Waals surface area contributed by atoms with Gasteiger partial charge in [0, 0.05) is 32.2 Å². The Morgan fingerprint density at radius 1 is 1.41 bits per heavy atom. The molecule has 1 saturated heterocycles. The second kappa shape index (κ2) is 8.48. The maximum absolute atomic E-state index is 11.5. The smallest absolute Gasteiger partial charge is 0.221 e. The molecule has 1 amide bonds. The van der Waals surface area contributed by atoms with Crippen molar-refractivity contribution in [3.8, 4) is 0 Å². The molecular weight excluding hydrogens is 216 g/mol. The van der Waals surface area contributed by atoms with Crippen molar-refractivity contribution in [2.45, 2.75) is 45.6 Å². The summed E-state index contributed by atoms with van der Waals surface area (Å²) in [6.07, 6.45) is 3.85. The molecule has 1 unspecified atom stereocenters. The van der Waals surface area contributed by atoms with Crippen LogP contribution >= 0.6 is 0 Å². The van der Waals surface area contributed by atoms with Crippen LogP contribution in [0.5, 0.6) is 0 Å². The fourth-order valence-corrected chi connectivity index (χ4v) is 1.91. The van der Waals surface area contributed by atoms with Crippen molar-refractivity contribution in [3.63, 3.8) is 0 Å². The highest BCUT2D eigenvalue weighted by Crippen LogP contribution is 2.12. The summed E-state index contributed by atoms with van der Waals surface area (Å²) in [4.78, 5) is 11.5. The van der Waals surface area contributed by atoms with E-state index in [0.29, 0.717) is 6.42 Å². The molecule has 0 aromatic carbocycles. The Labute approximate surface area is 104 Å². The molecule has 0 aromatic rings. The molecule has 0 spiro atoms. The summed E-state index contributed by atoms with van der Waals surface area (Å²) in [5.74, 6) is 0.875. The summed E-state index contributed by atoms with van der Waals surface area (Å²) in [7, 11) is 0. The van der Waals surface area contributed by atoms with E-state index >= 15 is 0 Å². The summed E-state index contributed by atoms with van der Waals surface area (Å²) in [5, 5.41) is 6.33. The molecule has 4 nitrogen and oxygen atoms in total. The first-order chi connectivity index (χ1) is 8.22. The predicted octanol–water partition coefficient (Wildman–Crippen LogP) is 1.31. The Morgan fingerprint density at radius 3 is 2.76 bits per heavy atom. The van der Waals surface area contributed by atoms with E-state index in [9.17, 15) is 4.79 Å². The highest BCUT2D eigenvalue weighted by Gasteiger charge is 2.13. The first-order valence-electron chi connectivity index (χ1n) is 6.80. The van der Waals surface area contributed by atoms with Crippen LogP contribution in [0.1, 0.15) is 39.5 Å². The quantitative estimate of drug-likeness (QED) is 0.662. The minimum absolute atomic E-state index is 0.152. The molecule has 100 valence electrons. The molecule has 1 fully saturated rings. The lowest BCUT2D eigenvalue weighted by molar-refractivity contribution is -0.121. The van der Waals surface area contributed by atoms with Gasteiger partial charge in [0.1, 0.15) is 0 Å². The highest BCUT2D eigenvalue weighted by atomic mass is 16.5. The summed E-state index contributed by atoms with van der Waals surface area (Å²) >= 11 is 0. The van der Waals surface area contributed by atoms with Gasteiger partial charge in [-0.25, -0.2) is 0 Å². The van der Waals surface area contributed by atoms with Gasteiger partial charge in [0.2, 0.25) is 5.91 Å². The van der Waals surface area contributed by atoms with Gasteiger partial charge in [-0.15, -0.1) is 0 Å². The van der Waals surface area contributed by atoms with Gasteiger partial charge >= 0.3 is 0 Å². The third kappa shape index (κ3) is 6.64. The molecule has 2 N–H and O–H groups in total. The number of rotatable bonds is 7. The van der Waals surface area contributed by atoms with Gasteiger partial charge in [-0.3, -0.25) is 4.79 Å². The molecule has 1 rings (SSSR count). The van der Waals surface area contributed by atoms with E-state index < -0.39 is 0 Å². The maximum atomic E-state index is 11.5. The van der Waals surface area contributed by atoms with Crippen LogP contribution in [0.15, 0.2) is 0 Å². The first-order valence-corrected chi connectivity index (χ1v) is 6.80. The van der Waals surface area contributed by atoms with Crippen molar-refractivity contribution < 1.29 is 9.53 Å². The molecule has 1 heterocycles. The van der Waals surface area contributed by atoms with E-state index in [1.165, 1.54) is 0 Å². The van der Waals surface area contributed by atoms with Gasteiger partial charge in [0.15, 0.2) is 0 Å². The molecule has 1 atom stereocenters. The highest BCUT2D eigenvalue weighted by molar-refractivity contribution is 5.76. The van der Waals surface area contributed by atoms with E-state index in [1.54, 1.807) is 0 Å². The maximum Gasteiger partial charge on any atom is 0.221 e. The molecule has 4 heteroatoms. The number of amides is 1. The van der Waals surface area contributed by atoms with Crippen LogP contribution in [0.25, 0.3) is 0 Å². The van der Waals surface area contributed by atoms with E-state index in [4.69, 9.17) is 4.74 Å². The summed E-state index contributed by atoms with van der Waals surface area (Å²) in [6, 6.07) is 0.290. The summed E-state index contributed by atoms with van der Waals surface area (Å²) in [6.45, 7) is 7.68. The van der Waals surface area contributed by atoms with E-state index in [-0.39, 0.29) is 11.9 Å². The molecule has 0 bridgehead atoms. The normalized spacial score (nSPS) is 18.9. The van der Waals surface area contributed by atoms with Crippen LogP contribution < -0.4 is 10.6 Å². The van der Waals surface area contributed by atoms with Crippen molar-refractivity contribution in [2.75, 3.05) is 26.3 Å². The first kappa shape index (κ1) is 14.5. The van der Waals surface area contributed by atoms with Crippen LogP contribution in [0.4, 0.5) is 0 Å². The Bertz CT molecular complexity index is 215. The van der Waals surface area contributed by atoms with Crippen LogP contribution in [-0.2, 0) is 9.53 Å². The third-order valence-electron chi connectivity index (χ3n) is 3.32. The molecular formula is C13H26N2O2. The minimum Gasteiger partial charge on any atom is -0.381 e. The Morgan fingerprint density at radius 2 is 2.12 bits per heavy atom. The van der Waals surface area contributed by atoms with Gasteiger partial charge in [0.25, 0.3) is 0 Å². The van der Waals surface area contributed by atoms with Crippen LogP contribution in [0.2, 0.25) is 0 Å². The van der Waals surface area contributed by atoms with Crippen molar-refractivity contribution in [1.29, 1.82) is 0 Å². The number of carbonyl (C=O) groups is 1. The topological polar surface area (TPSA) is 50.4 Å². The van der Waals surface area contributed by atoms with Crippen molar-refractivity contribution >= 4 is 5.91 Å². The number of carbonyl (C=O) groups excluding carboxylic acids is 1. The van der Waals surface area contributed by atoms with Gasteiger partial charge < -0.3 is 15.4 Å². The standard InChI is InChI=1S/C13H26N2O2/c1-3-11(2)15-13(16)4-7-14-10-12-5-8-17-9-6-12/h11-12,14H,3-10H2,1-2H3,(H,15,16). The zero-order chi connectivity index (χ0) is 12.5. The fraction of sp³-hybridized carbons (Fsp3) is 0.923. The Hall–Kier alpha value is -0.610. The van der Waals surface area contributed by atoms with Gasteiger partial charge in [0.05, 0.1) is 0 Å². The zero-order valence-electron chi connectivity index (χ0n) is 11.1. The van der Waals surface area contributed by atoms with Gasteiger partial charge in [-0.2, -0.15) is 0 Å². The molecule has 0 radical (unpaired) electrons. The van der Waals surface area contributed by atoms with Gasteiger partial charge in [-0.05, 0) is 38.6 Å². The molecule has 0 saturated carbocycles. The zero-order valence-corrected chi connectivity index (χ0v) is 11.1. The van der Waals surface area contributed by atoms with Crippen LogP contribution in [-0.4, -0.2) is 38.3 Å². The largest absolute Gasteiger partial charge is 0.381 e. The number of nitrogens with one attached hydrogen (secondary N) is 2. The third-order valence-corrected chi connectivity index (χ3v) is 3.32. The second-order valence-electron chi connectivity index (χ2n) is 4.89. The molecule has 1 aliphatic rings. The minimum atomic E-state index is 0.152. The van der Waals surface area contributed by atoms with Crippen molar-refractivity contribution in [2.24, 2.45) is 5.92 Å². The number of ether oxygens (including phenoxy) is 1. The lowest BCUT2D eigenvalue weighted by Crippen LogP contribution is -2.35. The average molecular weight is 242 g/mol. The predicted molar refractivity (Wildman–Crippen MR) is 68.9 cm³/mol. The summed E-state index contributed by atoms with van der Waals surface area (Å²) in [5.41, 5.74) is 0. The molecule has 0 aromatic heterocycles. The molecule has 1 aliphatic heterocycles. The SMILES string of the molecule is CCC(C)NC(=O)CCNCC1CCOCC1. The van der Waals surface area contributed by atoms with Crippen molar-refractivity contribution in [1.82, 2.24) is 10.6 Å². The average Bonchev–Trinajstić information content (AvgIpc) is 2.36. The van der Waals surface area contributed by atoms with E-state index in [2.05, 4.69) is 17.6 Å². The molecule has 17 heavy (non-hydrogen) atoms. The van der Waals surface area contributed by atoms with Gasteiger partial charge in [-0.1, -0.05) is 6.92 Å². The number of hydrogen-bond acceptors (Lipinski definition) is 3. The van der Waals surface area contributed by atoms with Crippen LogP contribution in [0, 0.1) is 5.92 Å². The van der Waals surface area contributed by atoms with E-state index in [1.807, 2.05) is 6.92 Å². The molecule has 0 aliphatic carbocycles. The van der Waals surface area contributed by atoms with E-state index in [0.717, 1.165) is 51.5 Å². The Kier molecular flexibility index (Phi) is 7.21. The summed E-state index contributed by atoms with van der Waals surface area (Å²) < 4.78 is 5.31. The van der Waals surface area contributed by atoms with Crippen molar-refractivity contribution in [3.05, 3.63) is 0 Å². The lowest BCUT2D eigenvalue weighted by Gasteiger charge is -2.22. The second-order valence-corrected chi connectivity index (χ2v) is 4.89. The lowest BCUT2D eigenvalue weighted by atomic mass is 10.0. The monoisotopic (exact) mass is 242 g/mol. The Balaban J connectivity index is 1.97. The fourth-order valence-electron chi connectivity index (χ4n) is 1.91. The van der Waals surface area contributed by atoms with Crippen LogP contribution in [0.3, 0.4) is 0 Å².